The van der Waals surface area contributed by atoms with Crippen LogP contribution in [0.25, 0.3) is 10.6 Å². The Kier molecular flexibility index (Phi) is 3.36. The van der Waals surface area contributed by atoms with E-state index in [2.05, 4.69) is 14.7 Å². The van der Waals surface area contributed by atoms with Crippen LogP contribution in [0.5, 0.6) is 0 Å². The zero-order chi connectivity index (χ0) is 11.4. The zero-order valence-electron chi connectivity index (χ0n) is 8.90. The van der Waals surface area contributed by atoms with Gasteiger partial charge in [0.25, 0.3) is 0 Å². The van der Waals surface area contributed by atoms with Crippen molar-refractivity contribution in [2.75, 3.05) is 7.11 Å². The summed E-state index contributed by atoms with van der Waals surface area (Å²) in [4.78, 5) is 18.4. The van der Waals surface area contributed by atoms with Gasteiger partial charge in [0.15, 0.2) is 0 Å². The van der Waals surface area contributed by atoms with Crippen molar-refractivity contribution in [2.45, 2.75) is 12.8 Å². The van der Waals surface area contributed by atoms with E-state index in [1.165, 1.54) is 7.11 Å². The van der Waals surface area contributed by atoms with Gasteiger partial charge in [-0.2, -0.15) is 0 Å². The van der Waals surface area contributed by atoms with Gasteiger partial charge in [-0.3, -0.25) is 4.79 Å². The summed E-state index contributed by atoms with van der Waals surface area (Å²) in [5, 5.41) is 2.95. The summed E-state index contributed by atoms with van der Waals surface area (Å²) in [6, 6.07) is 1.98. The largest absolute Gasteiger partial charge is 0.469 e. The van der Waals surface area contributed by atoms with Crippen LogP contribution in [0.1, 0.15) is 12.1 Å². The van der Waals surface area contributed by atoms with Crippen molar-refractivity contribution in [3.05, 3.63) is 29.5 Å². The topological polar surface area (TPSA) is 55.0 Å². The molecule has 0 aliphatic rings. The molecule has 0 atom stereocenters. The van der Waals surface area contributed by atoms with Crippen LogP contribution in [-0.4, -0.2) is 23.0 Å². The van der Waals surface area contributed by atoms with Crippen LogP contribution < -0.4 is 0 Å². The molecule has 2 aromatic heterocycles. The van der Waals surface area contributed by atoms with E-state index in [9.17, 15) is 4.79 Å². The highest BCUT2D eigenvalue weighted by Gasteiger charge is 2.07. The number of H-pyrrole nitrogens is 1. The smallest absolute Gasteiger partial charge is 0.305 e. The molecule has 0 saturated carbocycles. The van der Waals surface area contributed by atoms with Crippen LogP contribution in [0.3, 0.4) is 0 Å². The van der Waals surface area contributed by atoms with Gasteiger partial charge in [0.2, 0.25) is 0 Å². The molecular weight excluding hydrogens is 224 g/mol. The van der Waals surface area contributed by atoms with Gasteiger partial charge < -0.3 is 9.72 Å². The molecule has 0 unspecified atom stereocenters. The van der Waals surface area contributed by atoms with Gasteiger partial charge in [-0.1, -0.05) is 0 Å². The van der Waals surface area contributed by atoms with Crippen molar-refractivity contribution >= 4 is 17.3 Å². The third kappa shape index (κ3) is 2.49. The molecule has 5 heteroatoms. The van der Waals surface area contributed by atoms with Gasteiger partial charge in [-0.25, -0.2) is 4.98 Å². The van der Waals surface area contributed by atoms with E-state index in [-0.39, 0.29) is 5.97 Å². The van der Waals surface area contributed by atoms with Crippen LogP contribution in [-0.2, 0) is 16.0 Å². The maximum absolute atomic E-state index is 11.0. The second-order valence-electron chi connectivity index (χ2n) is 3.32. The molecule has 0 radical (unpaired) electrons. The summed E-state index contributed by atoms with van der Waals surface area (Å²) in [6.07, 6.45) is 4.79. The number of thiazole rings is 1. The molecule has 0 aliphatic carbocycles. The van der Waals surface area contributed by atoms with Crippen LogP contribution in [0.2, 0.25) is 0 Å². The van der Waals surface area contributed by atoms with Crippen LogP contribution in [0.4, 0.5) is 0 Å². The number of rotatable bonds is 4. The molecule has 0 aliphatic heterocycles. The zero-order valence-corrected chi connectivity index (χ0v) is 9.71. The van der Waals surface area contributed by atoms with Crippen LogP contribution in [0, 0.1) is 0 Å². The quantitative estimate of drug-likeness (QED) is 0.828. The number of carbonyl (C=O) groups excluding carboxylic acids is 1. The lowest BCUT2D eigenvalue weighted by Gasteiger charge is -1.95. The standard InChI is InChI=1S/C11H12N2O2S/c1-15-10(14)3-2-9-7-16-11(13-9)8-4-5-12-6-8/h4-7,12H,2-3H2,1H3. The first-order chi connectivity index (χ1) is 7.79. The van der Waals surface area contributed by atoms with Crippen molar-refractivity contribution < 1.29 is 9.53 Å². The number of hydrogen-bond donors (Lipinski definition) is 1. The van der Waals surface area contributed by atoms with Gasteiger partial charge in [0.1, 0.15) is 5.01 Å². The molecule has 16 heavy (non-hydrogen) atoms. The van der Waals surface area contributed by atoms with Crippen LogP contribution in [0.15, 0.2) is 23.8 Å². The Labute approximate surface area is 97.3 Å². The minimum Gasteiger partial charge on any atom is -0.469 e. The van der Waals surface area contributed by atoms with Crippen LogP contribution >= 0.6 is 11.3 Å². The minimum atomic E-state index is -0.198. The number of ether oxygens (including phenoxy) is 1. The van der Waals surface area contributed by atoms with Gasteiger partial charge in [-0.05, 0) is 6.07 Å². The lowest BCUT2D eigenvalue weighted by molar-refractivity contribution is -0.140. The van der Waals surface area contributed by atoms with Gasteiger partial charge in [0, 0.05) is 29.8 Å². The monoisotopic (exact) mass is 236 g/mol. The normalized spacial score (nSPS) is 10.3. The fourth-order valence-corrected chi connectivity index (χ4v) is 2.19. The van der Waals surface area contributed by atoms with Gasteiger partial charge in [-0.15, -0.1) is 11.3 Å². The van der Waals surface area contributed by atoms with E-state index < -0.39 is 0 Å². The van der Waals surface area contributed by atoms with Crippen molar-refractivity contribution in [1.29, 1.82) is 0 Å². The predicted octanol–water partition coefficient (Wildman–Crippen LogP) is 2.24. The Morgan fingerprint density at radius 3 is 3.19 bits per heavy atom. The van der Waals surface area contributed by atoms with E-state index in [0.717, 1.165) is 16.3 Å². The predicted molar refractivity (Wildman–Crippen MR) is 62.2 cm³/mol. The van der Waals surface area contributed by atoms with Crippen molar-refractivity contribution in [2.24, 2.45) is 0 Å². The van der Waals surface area contributed by atoms with Crippen molar-refractivity contribution in [3.63, 3.8) is 0 Å². The van der Waals surface area contributed by atoms with E-state index >= 15 is 0 Å². The second-order valence-corrected chi connectivity index (χ2v) is 4.18. The lowest BCUT2D eigenvalue weighted by Crippen LogP contribution is -2.01. The number of carbonyl (C=O) groups is 1. The van der Waals surface area contributed by atoms with E-state index in [1.807, 2.05) is 23.8 Å². The molecule has 0 aromatic carbocycles. The Hall–Kier alpha value is -1.62. The molecule has 2 heterocycles. The van der Waals surface area contributed by atoms with Crippen molar-refractivity contribution in [1.82, 2.24) is 9.97 Å². The Bertz CT molecular complexity index is 462. The van der Waals surface area contributed by atoms with Gasteiger partial charge >= 0.3 is 5.97 Å². The molecule has 2 rings (SSSR count). The number of aryl methyl sites for hydroxylation is 1. The number of nitrogens with zero attached hydrogens (tertiary/aromatic N) is 1. The number of aromatic nitrogens is 2. The third-order valence-corrected chi connectivity index (χ3v) is 3.15. The molecule has 4 nitrogen and oxygen atoms in total. The first kappa shape index (κ1) is 10.9. The number of methoxy groups -OCH3 is 1. The fourth-order valence-electron chi connectivity index (χ4n) is 1.34. The number of esters is 1. The highest BCUT2D eigenvalue weighted by atomic mass is 32.1. The first-order valence-electron chi connectivity index (χ1n) is 4.94. The minimum absolute atomic E-state index is 0.198. The average molecular weight is 236 g/mol. The molecule has 0 saturated heterocycles. The summed E-state index contributed by atoms with van der Waals surface area (Å²) in [7, 11) is 1.40. The number of nitrogens with one attached hydrogen (secondary N) is 1. The third-order valence-electron chi connectivity index (χ3n) is 2.21. The van der Waals surface area contributed by atoms with E-state index in [4.69, 9.17) is 0 Å². The first-order valence-corrected chi connectivity index (χ1v) is 5.82. The summed E-state index contributed by atoms with van der Waals surface area (Å²) in [5.41, 5.74) is 2.01. The Morgan fingerprint density at radius 2 is 2.50 bits per heavy atom. The van der Waals surface area contributed by atoms with E-state index in [0.29, 0.717) is 12.8 Å². The lowest BCUT2D eigenvalue weighted by atomic mass is 10.2. The second kappa shape index (κ2) is 4.94. The maximum Gasteiger partial charge on any atom is 0.305 e. The van der Waals surface area contributed by atoms with Gasteiger partial charge in [0.05, 0.1) is 19.2 Å². The van der Waals surface area contributed by atoms with Crippen molar-refractivity contribution in [3.8, 4) is 10.6 Å². The molecule has 1 N–H and O–H groups in total. The Balaban J connectivity index is 2.00. The molecule has 0 spiro atoms. The summed E-state index contributed by atoms with van der Waals surface area (Å²) < 4.78 is 4.58. The summed E-state index contributed by atoms with van der Waals surface area (Å²) in [5.74, 6) is -0.198. The molecule has 0 amide bonds. The molecule has 2 aromatic rings. The molecular formula is C11H12N2O2S. The summed E-state index contributed by atoms with van der Waals surface area (Å²) in [6.45, 7) is 0. The van der Waals surface area contributed by atoms with E-state index in [1.54, 1.807) is 11.3 Å². The number of hydrogen-bond acceptors (Lipinski definition) is 4. The number of aromatic amines is 1. The highest BCUT2D eigenvalue weighted by Crippen LogP contribution is 2.23. The fraction of sp³-hybridized carbons (Fsp3) is 0.273. The Morgan fingerprint density at radius 1 is 1.62 bits per heavy atom. The molecule has 0 fully saturated rings. The average Bonchev–Trinajstić information content (AvgIpc) is 2.95. The summed E-state index contributed by atoms with van der Waals surface area (Å²) >= 11 is 1.58. The highest BCUT2D eigenvalue weighted by molar-refractivity contribution is 7.13. The maximum atomic E-state index is 11.0. The SMILES string of the molecule is COC(=O)CCc1csc(-c2cc[nH]c2)n1. The molecule has 0 bridgehead atoms. The molecule has 84 valence electrons.